The van der Waals surface area contributed by atoms with E-state index in [1.165, 1.54) is 28.2 Å². The third-order valence-electron chi connectivity index (χ3n) is 3.39. The van der Waals surface area contributed by atoms with E-state index in [9.17, 15) is 4.79 Å². The molecule has 0 aliphatic heterocycles. The smallest absolute Gasteiger partial charge is 0.233 e. The molecule has 24 heavy (non-hydrogen) atoms. The Morgan fingerprint density at radius 3 is 2.54 bits per heavy atom. The van der Waals surface area contributed by atoms with Gasteiger partial charge in [0.25, 0.3) is 0 Å². The third kappa shape index (κ3) is 5.13. The van der Waals surface area contributed by atoms with Gasteiger partial charge in [-0.3, -0.25) is 9.78 Å². The van der Waals surface area contributed by atoms with Gasteiger partial charge in [-0.1, -0.05) is 29.6 Å². The van der Waals surface area contributed by atoms with Gasteiger partial charge in [-0.2, -0.15) is 0 Å². The minimum absolute atomic E-state index is 0.0809. The number of carbonyl (C=O) groups excluding carboxylic acids is 1. The number of nitrogen functional groups attached to an aromatic ring is 1. The van der Waals surface area contributed by atoms with Crippen LogP contribution in [0, 0.1) is 0 Å². The second kappa shape index (κ2) is 9.53. The Morgan fingerprint density at radius 2 is 1.92 bits per heavy atom. The lowest BCUT2D eigenvalue weighted by Gasteiger charge is -2.17. The van der Waals surface area contributed by atoms with E-state index in [0.29, 0.717) is 29.2 Å². The van der Waals surface area contributed by atoms with Crippen LogP contribution < -0.4 is 5.84 Å². The first-order valence-corrected chi connectivity index (χ1v) is 9.76. The van der Waals surface area contributed by atoms with Crippen LogP contribution in [0.1, 0.15) is 19.5 Å². The lowest BCUT2D eigenvalue weighted by atomic mass is 10.3. The molecule has 7 nitrogen and oxygen atoms in total. The van der Waals surface area contributed by atoms with Crippen LogP contribution in [0.4, 0.5) is 0 Å². The zero-order valence-corrected chi connectivity index (χ0v) is 15.5. The summed E-state index contributed by atoms with van der Waals surface area (Å²) < 4.78 is 1.45. The molecule has 0 atom stereocenters. The fraction of sp³-hybridized carbons (Fsp3) is 0.467. The Bertz CT molecular complexity index is 645. The van der Waals surface area contributed by atoms with Crippen LogP contribution in [0.5, 0.6) is 0 Å². The summed E-state index contributed by atoms with van der Waals surface area (Å²) in [6.45, 7) is 5.35. The second-order valence-electron chi connectivity index (χ2n) is 4.91. The van der Waals surface area contributed by atoms with Crippen molar-refractivity contribution >= 4 is 29.4 Å². The van der Waals surface area contributed by atoms with Crippen LogP contribution >= 0.6 is 23.5 Å². The minimum Gasteiger partial charge on any atom is -0.343 e. The number of aryl methyl sites for hydroxylation is 1. The van der Waals surface area contributed by atoms with Crippen LogP contribution in [0.3, 0.4) is 0 Å². The normalized spacial score (nSPS) is 10.8. The lowest BCUT2D eigenvalue weighted by molar-refractivity contribution is -0.127. The van der Waals surface area contributed by atoms with Crippen molar-refractivity contribution in [2.45, 2.75) is 30.6 Å². The van der Waals surface area contributed by atoms with Crippen molar-refractivity contribution < 1.29 is 4.79 Å². The topological polar surface area (TPSA) is 89.9 Å². The van der Waals surface area contributed by atoms with E-state index < -0.39 is 0 Å². The van der Waals surface area contributed by atoms with Gasteiger partial charge in [0.1, 0.15) is 0 Å². The Kier molecular flexibility index (Phi) is 7.38. The number of hydrogen-bond donors (Lipinski definition) is 1. The number of rotatable bonds is 9. The number of pyridine rings is 1. The molecule has 2 rings (SSSR count). The summed E-state index contributed by atoms with van der Waals surface area (Å²) in [6, 6.07) is 5.87. The molecule has 0 spiro atoms. The van der Waals surface area contributed by atoms with Gasteiger partial charge >= 0.3 is 0 Å². The first kappa shape index (κ1) is 18.6. The highest BCUT2D eigenvalue weighted by atomic mass is 32.2. The van der Waals surface area contributed by atoms with Gasteiger partial charge in [-0.25, -0.2) is 4.68 Å². The minimum atomic E-state index is 0.0809. The molecule has 2 N–H and O–H groups in total. The highest BCUT2D eigenvalue weighted by molar-refractivity contribution is 8.00. The Hall–Kier alpha value is -1.74. The maximum Gasteiger partial charge on any atom is 0.233 e. The van der Waals surface area contributed by atoms with Crippen molar-refractivity contribution in [2.75, 3.05) is 30.4 Å². The van der Waals surface area contributed by atoms with Crippen molar-refractivity contribution in [3.05, 3.63) is 30.1 Å². The molecule has 1 amide bonds. The molecule has 2 aromatic heterocycles. The van der Waals surface area contributed by atoms with E-state index >= 15 is 0 Å². The summed E-state index contributed by atoms with van der Waals surface area (Å²) in [5.41, 5.74) is 1.03. The van der Waals surface area contributed by atoms with Gasteiger partial charge in [0.15, 0.2) is 0 Å². The van der Waals surface area contributed by atoms with E-state index in [2.05, 4.69) is 15.2 Å². The number of nitrogens with two attached hydrogens (primary N) is 1. The highest BCUT2D eigenvalue weighted by Crippen LogP contribution is 2.21. The summed E-state index contributed by atoms with van der Waals surface area (Å²) in [5, 5.41) is 9.36. The van der Waals surface area contributed by atoms with E-state index in [4.69, 9.17) is 5.84 Å². The predicted octanol–water partition coefficient (Wildman–Crippen LogP) is 1.68. The highest BCUT2D eigenvalue weighted by Gasteiger charge is 2.15. The molecule has 0 saturated heterocycles. The Balaban J connectivity index is 1.83. The van der Waals surface area contributed by atoms with Crippen LogP contribution in [-0.2, 0) is 11.2 Å². The van der Waals surface area contributed by atoms with Gasteiger partial charge < -0.3 is 10.7 Å². The first-order valence-electron chi connectivity index (χ1n) is 7.79. The molecule has 0 unspecified atom stereocenters. The SMILES string of the molecule is CCN(CC)C(=O)CSc1nnc(SCCc2ccccn2)n1N. The van der Waals surface area contributed by atoms with Crippen molar-refractivity contribution in [3.8, 4) is 0 Å². The van der Waals surface area contributed by atoms with Crippen molar-refractivity contribution in [3.63, 3.8) is 0 Å². The molecule has 0 aromatic carbocycles. The van der Waals surface area contributed by atoms with Crippen LogP contribution in [0.15, 0.2) is 34.7 Å². The average molecular weight is 367 g/mol. The van der Waals surface area contributed by atoms with E-state index in [1.54, 1.807) is 11.1 Å². The molecule has 0 radical (unpaired) electrons. The largest absolute Gasteiger partial charge is 0.343 e. The Labute approximate surface area is 150 Å². The van der Waals surface area contributed by atoms with Crippen molar-refractivity contribution in [1.82, 2.24) is 24.8 Å². The van der Waals surface area contributed by atoms with E-state index in [-0.39, 0.29) is 5.91 Å². The molecule has 0 aliphatic rings. The molecule has 2 heterocycles. The predicted molar refractivity (Wildman–Crippen MR) is 97.5 cm³/mol. The molecule has 0 saturated carbocycles. The zero-order valence-electron chi connectivity index (χ0n) is 13.9. The molecular weight excluding hydrogens is 344 g/mol. The Morgan fingerprint density at radius 1 is 1.21 bits per heavy atom. The maximum absolute atomic E-state index is 12.0. The molecule has 0 bridgehead atoms. The summed E-state index contributed by atoms with van der Waals surface area (Å²) in [6.07, 6.45) is 2.62. The summed E-state index contributed by atoms with van der Waals surface area (Å²) in [5.74, 6) is 7.23. The molecule has 0 aliphatic carbocycles. The number of aromatic nitrogens is 4. The van der Waals surface area contributed by atoms with E-state index in [1.807, 2.05) is 32.0 Å². The van der Waals surface area contributed by atoms with Crippen molar-refractivity contribution in [1.29, 1.82) is 0 Å². The van der Waals surface area contributed by atoms with Crippen molar-refractivity contribution in [2.24, 2.45) is 0 Å². The summed E-state index contributed by atoms with van der Waals surface area (Å²) in [4.78, 5) is 18.1. The number of thioether (sulfide) groups is 2. The molecular formula is C15H22N6OS2. The fourth-order valence-corrected chi connectivity index (χ4v) is 3.68. The quantitative estimate of drug-likeness (QED) is 0.533. The molecule has 130 valence electrons. The van der Waals surface area contributed by atoms with Gasteiger partial charge in [0.05, 0.1) is 5.75 Å². The fourth-order valence-electron chi connectivity index (χ4n) is 2.05. The van der Waals surface area contributed by atoms with Crippen LogP contribution in [-0.4, -0.2) is 55.3 Å². The summed E-state index contributed by atoms with van der Waals surface area (Å²) in [7, 11) is 0. The molecule has 0 fully saturated rings. The lowest BCUT2D eigenvalue weighted by Crippen LogP contribution is -2.32. The van der Waals surface area contributed by atoms with Crippen LogP contribution in [0.2, 0.25) is 0 Å². The van der Waals surface area contributed by atoms with Gasteiger partial charge in [0, 0.05) is 30.7 Å². The van der Waals surface area contributed by atoms with Crippen LogP contribution in [0.25, 0.3) is 0 Å². The number of carbonyl (C=O) groups is 1. The number of hydrogen-bond acceptors (Lipinski definition) is 7. The first-order chi connectivity index (χ1) is 11.7. The van der Waals surface area contributed by atoms with Gasteiger partial charge in [-0.05, 0) is 32.4 Å². The maximum atomic E-state index is 12.0. The molecule has 9 heteroatoms. The zero-order chi connectivity index (χ0) is 17.4. The molecule has 2 aromatic rings. The monoisotopic (exact) mass is 366 g/mol. The average Bonchev–Trinajstić information content (AvgIpc) is 2.95. The number of amides is 1. The summed E-state index contributed by atoms with van der Waals surface area (Å²) >= 11 is 2.84. The number of nitrogens with zero attached hydrogens (tertiary/aromatic N) is 5. The van der Waals surface area contributed by atoms with Gasteiger partial charge in [0.2, 0.25) is 16.2 Å². The van der Waals surface area contributed by atoms with E-state index in [0.717, 1.165) is 17.9 Å². The standard InChI is InChI=1S/C15H22N6OS2/c1-3-20(4-2)13(22)11-24-15-19-18-14(21(15)16)23-10-8-12-7-5-6-9-17-12/h5-7,9H,3-4,8,10-11,16H2,1-2H3. The third-order valence-corrected chi connectivity index (χ3v) is 5.26. The second-order valence-corrected chi connectivity index (χ2v) is 6.91. The van der Waals surface area contributed by atoms with Gasteiger partial charge in [-0.15, -0.1) is 10.2 Å².